The number of hydrogen-bond acceptors (Lipinski definition) is 6. The number of aromatic nitrogens is 2. The van der Waals surface area contributed by atoms with Crippen molar-refractivity contribution in [3.05, 3.63) is 54.2 Å². The molecule has 0 unspecified atom stereocenters. The van der Waals surface area contributed by atoms with Crippen molar-refractivity contribution in [1.82, 2.24) is 10.2 Å². The third-order valence-corrected chi connectivity index (χ3v) is 4.79. The summed E-state index contributed by atoms with van der Waals surface area (Å²) in [6.45, 7) is 3.12. The lowest BCUT2D eigenvalue weighted by Gasteiger charge is -2.19. The molecule has 1 aliphatic heterocycles. The lowest BCUT2D eigenvalue weighted by atomic mass is 10.2. The second-order valence-corrected chi connectivity index (χ2v) is 6.93. The van der Waals surface area contributed by atoms with Crippen LogP contribution in [0, 0.1) is 5.82 Å². The van der Waals surface area contributed by atoms with Crippen molar-refractivity contribution < 1.29 is 18.3 Å². The summed E-state index contributed by atoms with van der Waals surface area (Å²) in [5.74, 6) is 2.11. The molecule has 4 rings (SSSR count). The smallest absolute Gasteiger partial charge is 0.247 e. The topological polar surface area (TPSA) is 57.4 Å². The number of fused-ring (bicyclic) bond motifs is 1. The first-order chi connectivity index (χ1) is 12.2. The van der Waals surface area contributed by atoms with E-state index < -0.39 is 0 Å². The van der Waals surface area contributed by atoms with E-state index in [0.29, 0.717) is 30.6 Å². The summed E-state index contributed by atoms with van der Waals surface area (Å²) >= 11 is 1.59. The van der Waals surface area contributed by atoms with Crippen LogP contribution in [0.4, 0.5) is 4.39 Å². The summed E-state index contributed by atoms with van der Waals surface area (Å²) in [5.41, 5.74) is 0.691. The molecule has 1 atom stereocenters. The number of thioether (sulfide) groups is 1. The summed E-state index contributed by atoms with van der Waals surface area (Å²) in [5, 5.41) is 8.13. The third kappa shape index (κ3) is 3.46. The number of halogens is 1. The first kappa shape index (κ1) is 16.0. The zero-order valence-electron chi connectivity index (χ0n) is 13.4. The largest absolute Gasteiger partial charge is 0.486 e. The van der Waals surface area contributed by atoms with Crippen molar-refractivity contribution in [2.45, 2.75) is 17.1 Å². The van der Waals surface area contributed by atoms with Crippen molar-refractivity contribution in [1.29, 1.82) is 0 Å². The standard InChI is InChI=1S/C18H15FN2O3S/c1-11(25-14-6-7-15-16(10-14)23-9-8-22-15)17-20-21-18(24-17)12-2-4-13(19)5-3-12/h2-7,10-11H,8-9H2,1H3/t11-/m1/s1. The van der Waals surface area contributed by atoms with Crippen LogP contribution in [0.25, 0.3) is 11.5 Å². The lowest BCUT2D eigenvalue weighted by Crippen LogP contribution is -2.15. The zero-order valence-corrected chi connectivity index (χ0v) is 14.3. The monoisotopic (exact) mass is 358 g/mol. The van der Waals surface area contributed by atoms with Gasteiger partial charge in [-0.3, -0.25) is 0 Å². The van der Waals surface area contributed by atoms with Crippen molar-refractivity contribution in [2.24, 2.45) is 0 Å². The SMILES string of the molecule is C[C@@H](Sc1ccc2c(c1)OCCO2)c1nnc(-c2ccc(F)cc2)o1. The fourth-order valence-corrected chi connectivity index (χ4v) is 3.39. The van der Waals surface area contributed by atoms with Gasteiger partial charge in [-0.25, -0.2) is 4.39 Å². The molecule has 25 heavy (non-hydrogen) atoms. The Hall–Kier alpha value is -2.54. The molecule has 128 valence electrons. The van der Waals surface area contributed by atoms with Crippen LogP contribution < -0.4 is 9.47 Å². The van der Waals surface area contributed by atoms with Gasteiger partial charge in [-0.1, -0.05) is 0 Å². The minimum absolute atomic E-state index is 0.0377. The van der Waals surface area contributed by atoms with E-state index in [1.54, 1.807) is 23.9 Å². The van der Waals surface area contributed by atoms with Gasteiger partial charge in [0.1, 0.15) is 19.0 Å². The predicted molar refractivity (Wildman–Crippen MR) is 91.4 cm³/mol. The number of ether oxygens (including phenoxy) is 2. The van der Waals surface area contributed by atoms with Crippen LogP contribution in [-0.2, 0) is 0 Å². The minimum atomic E-state index is -0.300. The van der Waals surface area contributed by atoms with Crippen LogP contribution in [0.15, 0.2) is 51.8 Å². The maximum Gasteiger partial charge on any atom is 0.247 e. The van der Waals surface area contributed by atoms with E-state index in [1.165, 1.54) is 12.1 Å². The van der Waals surface area contributed by atoms with Crippen LogP contribution in [0.1, 0.15) is 18.1 Å². The minimum Gasteiger partial charge on any atom is -0.486 e. The molecule has 0 bridgehead atoms. The quantitative estimate of drug-likeness (QED) is 0.640. The first-order valence-corrected chi connectivity index (χ1v) is 8.72. The molecule has 7 heteroatoms. The molecule has 1 aromatic heterocycles. The van der Waals surface area contributed by atoms with Crippen molar-refractivity contribution in [2.75, 3.05) is 13.2 Å². The van der Waals surface area contributed by atoms with E-state index in [0.717, 1.165) is 16.4 Å². The highest BCUT2D eigenvalue weighted by Crippen LogP contribution is 2.40. The molecule has 2 aromatic carbocycles. The number of rotatable bonds is 4. The fourth-order valence-electron chi connectivity index (χ4n) is 2.46. The Balaban J connectivity index is 1.50. The molecule has 0 spiro atoms. The van der Waals surface area contributed by atoms with E-state index in [9.17, 15) is 4.39 Å². The molecule has 0 saturated heterocycles. The second-order valence-electron chi connectivity index (χ2n) is 5.52. The maximum atomic E-state index is 13.0. The number of hydrogen-bond donors (Lipinski definition) is 0. The van der Waals surface area contributed by atoms with Gasteiger partial charge in [-0.15, -0.1) is 22.0 Å². The van der Waals surface area contributed by atoms with Crippen molar-refractivity contribution in [3.63, 3.8) is 0 Å². The number of benzene rings is 2. The Morgan fingerprint density at radius 3 is 2.56 bits per heavy atom. The summed E-state index contributed by atoms with van der Waals surface area (Å²) in [6.07, 6.45) is 0. The van der Waals surface area contributed by atoms with Crippen molar-refractivity contribution >= 4 is 11.8 Å². The van der Waals surface area contributed by atoms with Crippen molar-refractivity contribution in [3.8, 4) is 23.0 Å². The van der Waals surface area contributed by atoms with Gasteiger partial charge in [-0.2, -0.15) is 0 Å². The van der Waals surface area contributed by atoms with Crippen LogP contribution in [0.2, 0.25) is 0 Å². The Morgan fingerprint density at radius 2 is 1.76 bits per heavy atom. The second kappa shape index (κ2) is 6.76. The first-order valence-electron chi connectivity index (χ1n) is 7.85. The highest BCUT2D eigenvalue weighted by molar-refractivity contribution is 7.99. The molecule has 1 aliphatic rings. The Morgan fingerprint density at radius 1 is 1.00 bits per heavy atom. The molecule has 0 saturated carbocycles. The zero-order chi connectivity index (χ0) is 17.2. The third-order valence-electron chi connectivity index (χ3n) is 3.71. The fraction of sp³-hybridized carbons (Fsp3) is 0.222. The Labute approximate surface area is 148 Å². The molecule has 0 aliphatic carbocycles. The summed E-state index contributed by atoms with van der Waals surface area (Å²) in [7, 11) is 0. The molecule has 0 amide bonds. The van der Waals surface area contributed by atoms with Crippen LogP contribution in [-0.4, -0.2) is 23.4 Å². The molecular formula is C18H15FN2O3S. The van der Waals surface area contributed by atoms with Crippen LogP contribution >= 0.6 is 11.8 Å². The van der Waals surface area contributed by atoms with Gasteiger partial charge in [0.15, 0.2) is 11.5 Å². The summed E-state index contributed by atoms with van der Waals surface area (Å²) in [4.78, 5) is 1.03. The van der Waals surface area contributed by atoms with Crippen LogP contribution in [0.3, 0.4) is 0 Å². The van der Waals surface area contributed by atoms with Gasteiger partial charge in [0.2, 0.25) is 11.8 Å². The van der Waals surface area contributed by atoms with E-state index in [1.807, 2.05) is 25.1 Å². The van der Waals surface area contributed by atoms with Gasteiger partial charge < -0.3 is 13.9 Å². The molecular weight excluding hydrogens is 343 g/mol. The summed E-state index contributed by atoms with van der Waals surface area (Å²) in [6, 6.07) is 11.8. The van der Waals surface area contributed by atoms with Gasteiger partial charge in [-0.05, 0) is 49.4 Å². The molecule has 0 fully saturated rings. The summed E-state index contributed by atoms with van der Waals surface area (Å²) < 4.78 is 29.9. The molecule has 2 heterocycles. The predicted octanol–water partition coefficient (Wildman–Crippen LogP) is 4.50. The van der Waals surface area contributed by atoms with Gasteiger partial charge in [0.25, 0.3) is 0 Å². The lowest BCUT2D eigenvalue weighted by molar-refractivity contribution is 0.171. The Kier molecular flexibility index (Phi) is 4.31. The van der Waals surface area contributed by atoms with Gasteiger partial charge in [0, 0.05) is 10.5 Å². The van der Waals surface area contributed by atoms with E-state index >= 15 is 0 Å². The van der Waals surface area contributed by atoms with Gasteiger partial charge in [0.05, 0.1) is 5.25 Å². The molecule has 0 radical (unpaired) electrons. The maximum absolute atomic E-state index is 13.0. The average Bonchev–Trinajstić information content (AvgIpc) is 3.12. The molecule has 5 nitrogen and oxygen atoms in total. The van der Waals surface area contributed by atoms with E-state index in [-0.39, 0.29) is 11.1 Å². The van der Waals surface area contributed by atoms with Crippen LogP contribution in [0.5, 0.6) is 11.5 Å². The average molecular weight is 358 g/mol. The number of nitrogens with zero attached hydrogens (tertiary/aromatic N) is 2. The van der Waals surface area contributed by atoms with Gasteiger partial charge >= 0.3 is 0 Å². The molecule has 3 aromatic rings. The highest BCUT2D eigenvalue weighted by Gasteiger charge is 2.18. The molecule has 0 N–H and O–H groups in total. The van der Waals surface area contributed by atoms with E-state index in [2.05, 4.69) is 10.2 Å². The van der Waals surface area contributed by atoms with E-state index in [4.69, 9.17) is 13.9 Å². The normalized spacial score (nSPS) is 14.3. The highest BCUT2D eigenvalue weighted by atomic mass is 32.2. The Bertz CT molecular complexity index is 882.